The van der Waals surface area contributed by atoms with E-state index in [1.165, 1.54) is 30.6 Å². The highest BCUT2D eigenvalue weighted by Gasteiger charge is 2.20. The number of thiazole rings is 1. The number of sulfone groups is 1. The number of nitrogens with zero attached hydrogens (tertiary/aromatic N) is 2. The zero-order chi connectivity index (χ0) is 23.6. The van der Waals surface area contributed by atoms with E-state index >= 15 is 0 Å². The van der Waals surface area contributed by atoms with Gasteiger partial charge in [-0.2, -0.15) is 4.99 Å². The number of amides is 1. The maximum absolute atomic E-state index is 13.0. The zero-order valence-electron chi connectivity index (χ0n) is 17.4. The molecule has 1 aliphatic heterocycles. The molecule has 0 atom stereocenters. The van der Waals surface area contributed by atoms with Crippen LogP contribution in [-0.2, 0) is 30.7 Å². The first kappa shape index (κ1) is 22.9. The standard InChI is InChI=1S/C21H19FN2O7S2/c1-29-20(26)11-24-15-9-16-17(31-12-30-16)10-18(15)32-21(24)23-19(25)3-2-8-33(27,28)14-6-4-13(22)5-7-14/h4-7,9-10H,2-3,8,11-12H2,1H3. The van der Waals surface area contributed by atoms with Gasteiger partial charge in [0.25, 0.3) is 0 Å². The fourth-order valence-electron chi connectivity index (χ4n) is 3.23. The van der Waals surface area contributed by atoms with Crippen molar-refractivity contribution in [3.8, 4) is 11.5 Å². The minimum absolute atomic E-state index is 0.00815. The van der Waals surface area contributed by atoms with Crippen LogP contribution < -0.4 is 14.3 Å². The van der Waals surface area contributed by atoms with Gasteiger partial charge in [-0.1, -0.05) is 11.3 Å². The third-order valence-electron chi connectivity index (χ3n) is 4.89. The Labute approximate surface area is 192 Å². The quantitative estimate of drug-likeness (QED) is 0.366. The van der Waals surface area contributed by atoms with Gasteiger partial charge in [0.2, 0.25) is 12.7 Å². The maximum Gasteiger partial charge on any atom is 0.325 e. The highest BCUT2D eigenvalue weighted by atomic mass is 32.2. The normalized spacial score (nSPS) is 13.5. The van der Waals surface area contributed by atoms with E-state index < -0.39 is 27.5 Å². The third-order valence-corrected chi connectivity index (χ3v) is 7.75. The average molecular weight is 495 g/mol. The van der Waals surface area contributed by atoms with Crippen LogP contribution in [0.3, 0.4) is 0 Å². The predicted molar refractivity (Wildman–Crippen MR) is 116 cm³/mol. The van der Waals surface area contributed by atoms with E-state index in [1.807, 2.05) is 0 Å². The van der Waals surface area contributed by atoms with E-state index in [0.717, 1.165) is 16.8 Å². The van der Waals surface area contributed by atoms with Crippen LogP contribution in [0.5, 0.6) is 11.5 Å². The molecule has 4 rings (SSSR count). The summed E-state index contributed by atoms with van der Waals surface area (Å²) < 4.78 is 55.5. The number of aromatic nitrogens is 1. The highest BCUT2D eigenvalue weighted by molar-refractivity contribution is 7.91. The summed E-state index contributed by atoms with van der Waals surface area (Å²) in [5, 5.41) is 0. The number of methoxy groups -OCH3 is 1. The molecule has 0 fully saturated rings. The van der Waals surface area contributed by atoms with Gasteiger partial charge in [0.05, 0.1) is 28.0 Å². The monoisotopic (exact) mass is 494 g/mol. The molecule has 174 valence electrons. The number of fused-ring (bicyclic) bond motifs is 2. The summed E-state index contributed by atoms with van der Waals surface area (Å²) in [6.07, 6.45) is -0.0739. The fraction of sp³-hybridized carbons (Fsp3) is 0.286. The highest BCUT2D eigenvalue weighted by Crippen LogP contribution is 2.37. The lowest BCUT2D eigenvalue weighted by Crippen LogP contribution is -2.22. The van der Waals surface area contributed by atoms with Crippen molar-refractivity contribution in [2.75, 3.05) is 19.7 Å². The molecule has 0 bridgehead atoms. The molecule has 0 radical (unpaired) electrons. The largest absolute Gasteiger partial charge is 0.468 e. The van der Waals surface area contributed by atoms with Crippen LogP contribution in [0.2, 0.25) is 0 Å². The van der Waals surface area contributed by atoms with Crippen LogP contribution in [0.25, 0.3) is 10.2 Å². The minimum atomic E-state index is -3.65. The Hall–Kier alpha value is -3.25. The topological polar surface area (TPSA) is 113 Å². The summed E-state index contributed by atoms with van der Waals surface area (Å²) in [4.78, 5) is 28.8. The second-order valence-corrected chi connectivity index (χ2v) is 10.2. The number of ether oxygens (including phenoxy) is 3. The summed E-state index contributed by atoms with van der Waals surface area (Å²) in [7, 11) is -2.39. The van der Waals surface area contributed by atoms with Gasteiger partial charge in [0.1, 0.15) is 12.4 Å². The van der Waals surface area contributed by atoms with E-state index in [-0.39, 0.29) is 41.6 Å². The van der Waals surface area contributed by atoms with Crippen LogP contribution >= 0.6 is 11.3 Å². The molecule has 2 aromatic carbocycles. The Morgan fingerprint density at radius 2 is 1.88 bits per heavy atom. The van der Waals surface area contributed by atoms with Crippen molar-refractivity contribution in [3.63, 3.8) is 0 Å². The zero-order valence-corrected chi connectivity index (χ0v) is 19.1. The number of benzene rings is 2. The van der Waals surface area contributed by atoms with Gasteiger partial charge in [0, 0.05) is 18.6 Å². The first-order valence-electron chi connectivity index (χ1n) is 9.82. The number of carbonyl (C=O) groups excluding carboxylic acids is 2. The van der Waals surface area contributed by atoms with Crippen molar-refractivity contribution < 1.29 is 36.6 Å². The molecule has 0 aliphatic carbocycles. The molecule has 0 unspecified atom stereocenters. The van der Waals surface area contributed by atoms with Gasteiger partial charge in [-0.15, -0.1) is 0 Å². The van der Waals surface area contributed by atoms with E-state index in [4.69, 9.17) is 14.2 Å². The molecule has 1 aromatic heterocycles. The number of rotatable bonds is 7. The molecule has 0 spiro atoms. The van der Waals surface area contributed by atoms with Crippen molar-refractivity contribution in [2.24, 2.45) is 4.99 Å². The first-order chi connectivity index (χ1) is 15.8. The van der Waals surface area contributed by atoms with E-state index in [0.29, 0.717) is 17.0 Å². The lowest BCUT2D eigenvalue weighted by Gasteiger charge is -2.05. The number of carbonyl (C=O) groups is 2. The SMILES string of the molecule is COC(=O)Cn1c(=NC(=O)CCCS(=O)(=O)c2ccc(F)cc2)sc2cc3c(cc21)OCO3. The van der Waals surface area contributed by atoms with Crippen LogP contribution in [0.1, 0.15) is 12.8 Å². The number of hydrogen-bond donors (Lipinski definition) is 0. The smallest absolute Gasteiger partial charge is 0.325 e. The number of esters is 1. The molecule has 3 aromatic rings. The van der Waals surface area contributed by atoms with Crippen LogP contribution in [0, 0.1) is 5.82 Å². The van der Waals surface area contributed by atoms with Gasteiger partial charge in [0.15, 0.2) is 26.1 Å². The van der Waals surface area contributed by atoms with Gasteiger partial charge in [-0.3, -0.25) is 9.59 Å². The van der Waals surface area contributed by atoms with Crippen LogP contribution in [0.4, 0.5) is 4.39 Å². The fourth-order valence-corrected chi connectivity index (χ4v) is 5.59. The second kappa shape index (κ2) is 9.32. The number of halogens is 1. The van der Waals surface area contributed by atoms with Gasteiger partial charge < -0.3 is 18.8 Å². The van der Waals surface area contributed by atoms with Crippen LogP contribution in [-0.4, -0.2) is 44.5 Å². The third kappa shape index (κ3) is 5.06. The molecule has 0 saturated carbocycles. The van der Waals surface area contributed by atoms with Gasteiger partial charge in [-0.05, 0) is 30.7 Å². The second-order valence-electron chi connectivity index (χ2n) is 7.10. The molecule has 0 saturated heterocycles. The molecular weight excluding hydrogens is 475 g/mol. The predicted octanol–water partition coefficient (Wildman–Crippen LogP) is 2.42. The van der Waals surface area contributed by atoms with Gasteiger partial charge >= 0.3 is 5.97 Å². The molecule has 1 amide bonds. The summed E-state index contributed by atoms with van der Waals surface area (Å²) in [6, 6.07) is 7.97. The molecule has 0 N–H and O–H groups in total. The van der Waals surface area contributed by atoms with E-state index in [1.54, 1.807) is 16.7 Å². The Kier molecular flexibility index (Phi) is 6.47. The Morgan fingerprint density at radius 3 is 2.58 bits per heavy atom. The number of hydrogen-bond acceptors (Lipinski definition) is 8. The average Bonchev–Trinajstić information content (AvgIpc) is 3.36. The van der Waals surface area contributed by atoms with Crippen molar-refractivity contribution in [1.29, 1.82) is 0 Å². The van der Waals surface area contributed by atoms with Crippen molar-refractivity contribution in [2.45, 2.75) is 24.3 Å². The summed E-state index contributed by atoms with van der Waals surface area (Å²) in [5.41, 5.74) is 0.625. The van der Waals surface area contributed by atoms with Crippen LogP contribution in [0.15, 0.2) is 46.3 Å². The summed E-state index contributed by atoms with van der Waals surface area (Å²) in [5.74, 6) is -0.799. The van der Waals surface area contributed by atoms with E-state index in [9.17, 15) is 22.4 Å². The molecule has 33 heavy (non-hydrogen) atoms. The van der Waals surface area contributed by atoms with Crippen molar-refractivity contribution in [3.05, 3.63) is 47.0 Å². The molecule has 1 aliphatic rings. The lowest BCUT2D eigenvalue weighted by molar-refractivity contribution is -0.141. The minimum Gasteiger partial charge on any atom is -0.468 e. The molecular formula is C21H19FN2O7S2. The molecule has 9 nitrogen and oxygen atoms in total. The Bertz CT molecular complexity index is 1390. The first-order valence-corrected chi connectivity index (χ1v) is 12.3. The maximum atomic E-state index is 13.0. The van der Waals surface area contributed by atoms with Crippen molar-refractivity contribution in [1.82, 2.24) is 4.57 Å². The molecule has 2 heterocycles. The van der Waals surface area contributed by atoms with E-state index in [2.05, 4.69) is 4.99 Å². The van der Waals surface area contributed by atoms with Crippen molar-refractivity contribution >= 4 is 43.3 Å². The summed E-state index contributed by atoms with van der Waals surface area (Å²) >= 11 is 1.19. The lowest BCUT2D eigenvalue weighted by atomic mass is 10.3. The summed E-state index contributed by atoms with van der Waals surface area (Å²) in [6.45, 7) is -0.0681. The Balaban J connectivity index is 1.54. The molecule has 12 heteroatoms. The Morgan fingerprint density at radius 1 is 1.18 bits per heavy atom. The van der Waals surface area contributed by atoms with Gasteiger partial charge in [-0.25, -0.2) is 12.8 Å².